The quantitative estimate of drug-likeness (QED) is 0.922. The van der Waals surface area contributed by atoms with Crippen molar-refractivity contribution in [3.05, 3.63) is 22.7 Å². The predicted molar refractivity (Wildman–Crippen MR) is 73.4 cm³/mol. The van der Waals surface area contributed by atoms with Gasteiger partial charge in [-0.25, -0.2) is 0 Å². The van der Waals surface area contributed by atoms with Crippen LogP contribution in [0.3, 0.4) is 0 Å². The first-order valence-electron chi connectivity index (χ1n) is 5.64. The van der Waals surface area contributed by atoms with Gasteiger partial charge in [0.15, 0.2) is 0 Å². The summed E-state index contributed by atoms with van der Waals surface area (Å²) in [5.74, 6) is 0.135. The number of carbonyl (C=O) groups excluding carboxylic acids is 1. The van der Waals surface area contributed by atoms with Gasteiger partial charge in [0, 0.05) is 18.1 Å². The van der Waals surface area contributed by atoms with Crippen LogP contribution in [-0.2, 0) is 4.79 Å². The number of hydrogen-bond acceptors (Lipinski definition) is 3. The highest BCUT2D eigenvalue weighted by atomic mass is 79.9. The smallest absolute Gasteiger partial charge is 0.246 e. The number of carbonyl (C=O) groups is 1. The lowest BCUT2D eigenvalue weighted by atomic mass is 10.1. The molecule has 0 fully saturated rings. The molecule has 0 saturated heterocycles. The average molecular weight is 298 g/mol. The molecular weight excluding hydrogens is 282 g/mol. The van der Waals surface area contributed by atoms with Gasteiger partial charge in [-0.15, -0.1) is 0 Å². The van der Waals surface area contributed by atoms with E-state index in [0.717, 1.165) is 22.3 Å². The molecule has 0 bridgehead atoms. The lowest BCUT2D eigenvalue weighted by molar-refractivity contribution is -0.117. The fourth-order valence-electron chi connectivity index (χ4n) is 2.03. The van der Waals surface area contributed by atoms with Crippen molar-refractivity contribution in [3.8, 4) is 0 Å². The molecule has 1 aromatic carbocycles. The Kier molecular flexibility index (Phi) is 3.69. The molecule has 0 saturated carbocycles. The van der Waals surface area contributed by atoms with Gasteiger partial charge in [0.1, 0.15) is 0 Å². The minimum Gasteiger partial charge on any atom is -0.364 e. The van der Waals surface area contributed by atoms with E-state index in [4.69, 9.17) is 5.73 Å². The summed E-state index contributed by atoms with van der Waals surface area (Å²) in [5, 5.41) is 0. The number of anilines is 2. The third kappa shape index (κ3) is 2.45. The van der Waals surface area contributed by atoms with Crippen LogP contribution in [0.4, 0.5) is 11.4 Å². The third-order valence-corrected chi connectivity index (χ3v) is 3.39. The molecule has 4 nitrogen and oxygen atoms in total. The lowest BCUT2D eigenvalue weighted by Crippen LogP contribution is -2.45. The molecule has 1 aliphatic heterocycles. The van der Waals surface area contributed by atoms with E-state index < -0.39 is 0 Å². The molecule has 2 N–H and O–H groups in total. The Bertz CT molecular complexity index is 436. The SMILES string of the molecule is CN1CC(=O)N(CCCN)c2ccc(Br)cc21. The molecule has 1 heterocycles. The van der Waals surface area contributed by atoms with E-state index in [9.17, 15) is 4.79 Å². The van der Waals surface area contributed by atoms with E-state index >= 15 is 0 Å². The first kappa shape index (κ1) is 12.4. The third-order valence-electron chi connectivity index (χ3n) is 2.90. The second kappa shape index (κ2) is 5.06. The topological polar surface area (TPSA) is 49.6 Å². The van der Waals surface area contributed by atoms with Gasteiger partial charge in [0.25, 0.3) is 0 Å². The first-order chi connectivity index (χ1) is 8.13. The maximum absolute atomic E-state index is 12.0. The van der Waals surface area contributed by atoms with Crippen molar-refractivity contribution in [2.24, 2.45) is 5.73 Å². The van der Waals surface area contributed by atoms with E-state index in [2.05, 4.69) is 15.9 Å². The molecular formula is C12H16BrN3O. The summed E-state index contributed by atoms with van der Waals surface area (Å²) < 4.78 is 1.02. The first-order valence-corrected chi connectivity index (χ1v) is 6.44. The number of likely N-dealkylation sites (N-methyl/N-ethyl adjacent to an activating group) is 1. The highest BCUT2D eigenvalue weighted by molar-refractivity contribution is 9.10. The summed E-state index contributed by atoms with van der Waals surface area (Å²) in [5.41, 5.74) is 7.56. The maximum Gasteiger partial charge on any atom is 0.246 e. The highest BCUT2D eigenvalue weighted by Gasteiger charge is 2.26. The van der Waals surface area contributed by atoms with E-state index in [-0.39, 0.29) is 5.91 Å². The Morgan fingerprint density at radius 2 is 2.18 bits per heavy atom. The van der Waals surface area contributed by atoms with Crippen LogP contribution in [0.25, 0.3) is 0 Å². The molecule has 1 aromatic rings. The molecule has 1 amide bonds. The molecule has 2 rings (SSSR count). The minimum absolute atomic E-state index is 0.135. The van der Waals surface area contributed by atoms with Crippen molar-refractivity contribution in [1.29, 1.82) is 0 Å². The molecule has 92 valence electrons. The van der Waals surface area contributed by atoms with Crippen LogP contribution in [0.15, 0.2) is 22.7 Å². The van der Waals surface area contributed by atoms with E-state index in [1.54, 1.807) is 0 Å². The molecule has 1 aliphatic rings. The van der Waals surface area contributed by atoms with Crippen LogP contribution in [-0.4, -0.2) is 32.6 Å². The molecule has 5 heteroatoms. The number of amides is 1. The van der Waals surface area contributed by atoms with Crippen LogP contribution in [0.1, 0.15) is 6.42 Å². The molecule has 0 radical (unpaired) electrons. The van der Waals surface area contributed by atoms with Crippen LogP contribution in [0.5, 0.6) is 0 Å². The Labute approximate surface area is 110 Å². The molecule has 0 aromatic heterocycles. The Morgan fingerprint density at radius 1 is 1.41 bits per heavy atom. The summed E-state index contributed by atoms with van der Waals surface area (Å²) >= 11 is 3.46. The number of nitrogens with zero attached hydrogens (tertiary/aromatic N) is 2. The number of nitrogens with two attached hydrogens (primary N) is 1. The van der Waals surface area contributed by atoms with Crippen molar-refractivity contribution in [1.82, 2.24) is 0 Å². The second-order valence-electron chi connectivity index (χ2n) is 4.18. The van der Waals surface area contributed by atoms with E-state index in [0.29, 0.717) is 19.6 Å². The summed E-state index contributed by atoms with van der Waals surface area (Å²) in [6.07, 6.45) is 0.824. The standard InChI is InChI=1S/C12H16BrN3O/c1-15-8-12(17)16(6-2-5-14)10-4-3-9(13)7-11(10)15/h3-4,7H,2,5-6,8,14H2,1H3. The van der Waals surface area contributed by atoms with Gasteiger partial charge < -0.3 is 15.5 Å². The molecule has 17 heavy (non-hydrogen) atoms. The number of hydrogen-bond donors (Lipinski definition) is 1. The predicted octanol–water partition coefficient (Wildman–Crippen LogP) is 1.58. The minimum atomic E-state index is 0.135. The van der Waals surface area contributed by atoms with Crippen molar-refractivity contribution in [2.75, 3.05) is 36.5 Å². The largest absolute Gasteiger partial charge is 0.364 e. The van der Waals surface area contributed by atoms with E-state index in [1.807, 2.05) is 35.0 Å². The van der Waals surface area contributed by atoms with Gasteiger partial charge in [-0.2, -0.15) is 0 Å². The normalized spacial score (nSPS) is 15.1. The van der Waals surface area contributed by atoms with Crippen LogP contribution < -0.4 is 15.5 Å². The molecule has 0 spiro atoms. The van der Waals surface area contributed by atoms with Crippen molar-refractivity contribution < 1.29 is 4.79 Å². The zero-order valence-corrected chi connectivity index (χ0v) is 11.4. The number of halogens is 1. The van der Waals surface area contributed by atoms with Crippen molar-refractivity contribution in [2.45, 2.75) is 6.42 Å². The van der Waals surface area contributed by atoms with Gasteiger partial charge in [-0.3, -0.25) is 4.79 Å². The fourth-order valence-corrected chi connectivity index (χ4v) is 2.38. The lowest BCUT2D eigenvalue weighted by Gasteiger charge is -2.35. The number of fused-ring (bicyclic) bond motifs is 1. The number of benzene rings is 1. The Balaban J connectivity index is 2.36. The summed E-state index contributed by atoms with van der Waals surface area (Å²) in [7, 11) is 1.93. The van der Waals surface area contributed by atoms with Gasteiger partial charge in [-0.05, 0) is 31.2 Å². The van der Waals surface area contributed by atoms with Gasteiger partial charge in [0.2, 0.25) is 5.91 Å². The van der Waals surface area contributed by atoms with Gasteiger partial charge in [0.05, 0.1) is 17.9 Å². The van der Waals surface area contributed by atoms with Crippen LogP contribution in [0, 0.1) is 0 Å². The van der Waals surface area contributed by atoms with Crippen molar-refractivity contribution in [3.63, 3.8) is 0 Å². The summed E-state index contributed by atoms with van der Waals surface area (Å²) in [4.78, 5) is 15.8. The number of rotatable bonds is 3. The fraction of sp³-hybridized carbons (Fsp3) is 0.417. The zero-order chi connectivity index (χ0) is 12.4. The molecule has 0 atom stereocenters. The Hall–Kier alpha value is -1.07. The van der Waals surface area contributed by atoms with Gasteiger partial charge in [-0.1, -0.05) is 15.9 Å². The second-order valence-corrected chi connectivity index (χ2v) is 5.09. The average Bonchev–Trinajstić information content (AvgIpc) is 2.29. The van der Waals surface area contributed by atoms with E-state index in [1.165, 1.54) is 0 Å². The summed E-state index contributed by atoms with van der Waals surface area (Å²) in [6.45, 7) is 1.72. The monoisotopic (exact) mass is 297 g/mol. The zero-order valence-electron chi connectivity index (χ0n) is 9.82. The maximum atomic E-state index is 12.0. The summed E-state index contributed by atoms with van der Waals surface area (Å²) in [6, 6.07) is 5.97. The van der Waals surface area contributed by atoms with Crippen LogP contribution in [0.2, 0.25) is 0 Å². The Morgan fingerprint density at radius 3 is 2.88 bits per heavy atom. The highest BCUT2D eigenvalue weighted by Crippen LogP contribution is 2.34. The molecule has 0 aliphatic carbocycles. The van der Waals surface area contributed by atoms with Gasteiger partial charge >= 0.3 is 0 Å². The van der Waals surface area contributed by atoms with Crippen LogP contribution >= 0.6 is 15.9 Å². The van der Waals surface area contributed by atoms with Crippen molar-refractivity contribution >= 4 is 33.2 Å². The molecule has 0 unspecified atom stereocenters.